The first kappa shape index (κ1) is 14.0. The molecule has 0 radical (unpaired) electrons. The lowest BCUT2D eigenvalue weighted by Gasteiger charge is -2.35. The molecule has 0 aromatic carbocycles. The minimum atomic E-state index is -0.330. The molecule has 0 bridgehead atoms. The summed E-state index contributed by atoms with van der Waals surface area (Å²) in [5.41, 5.74) is -0.330. The summed E-state index contributed by atoms with van der Waals surface area (Å²) < 4.78 is 11.4. The molecule has 112 valence electrons. The van der Waals surface area contributed by atoms with Crippen LogP contribution in [0, 0.1) is 5.92 Å². The van der Waals surface area contributed by atoms with Crippen molar-refractivity contribution in [2.75, 3.05) is 13.7 Å². The SMILES string of the molecule is COC1(c2noc(C3CCNC3C)n2)CCC(C)CC1. The summed E-state index contributed by atoms with van der Waals surface area (Å²) in [6.45, 7) is 5.50. The van der Waals surface area contributed by atoms with E-state index in [9.17, 15) is 0 Å². The van der Waals surface area contributed by atoms with Crippen LogP contribution in [0.15, 0.2) is 4.52 Å². The van der Waals surface area contributed by atoms with E-state index in [1.54, 1.807) is 7.11 Å². The van der Waals surface area contributed by atoms with Crippen molar-refractivity contribution in [3.05, 3.63) is 11.7 Å². The first-order valence-electron chi connectivity index (χ1n) is 7.77. The van der Waals surface area contributed by atoms with E-state index in [2.05, 4.69) is 24.3 Å². The predicted octanol–water partition coefficient (Wildman–Crippen LogP) is 2.59. The van der Waals surface area contributed by atoms with E-state index in [0.29, 0.717) is 12.0 Å². The molecular weight excluding hydrogens is 254 g/mol. The molecule has 5 heteroatoms. The van der Waals surface area contributed by atoms with Gasteiger partial charge in [0.2, 0.25) is 11.7 Å². The Hall–Kier alpha value is -0.940. The van der Waals surface area contributed by atoms with Crippen molar-refractivity contribution in [3.63, 3.8) is 0 Å². The van der Waals surface area contributed by atoms with Crippen molar-refractivity contribution in [2.45, 2.75) is 63.5 Å². The zero-order valence-electron chi connectivity index (χ0n) is 12.7. The first-order chi connectivity index (χ1) is 9.64. The van der Waals surface area contributed by atoms with Gasteiger partial charge >= 0.3 is 0 Å². The third kappa shape index (κ3) is 2.37. The summed E-state index contributed by atoms with van der Waals surface area (Å²) >= 11 is 0. The Morgan fingerprint density at radius 3 is 2.60 bits per heavy atom. The summed E-state index contributed by atoms with van der Waals surface area (Å²) in [6.07, 6.45) is 5.38. The van der Waals surface area contributed by atoms with Gasteiger partial charge in [-0.1, -0.05) is 12.1 Å². The number of methoxy groups -OCH3 is 1. The molecule has 1 aromatic rings. The quantitative estimate of drug-likeness (QED) is 0.921. The third-order valence-electron chi connectivity index (χ3n) is 5.16. The average Bonchev–Trinajstić information content (AvgIpc) is 3.09. The van der Waals surface area contributed by atoms with Gasteiger partial charge in [0.25, 0.3) is 0 Å². The van der Waals surface area contributed by atoms with Crippen molar-refractivity contribution < 1.29 is 9.26 Å². The molecule has 5 nitrogen and oxygen atoms in total. The highest BCUT2D eigenvalue weighted by atomic mass is 16.5. The number of aromatic nitrogens is 2. The average molecular weight is 279 g/mol. The Morgan fingerprint density at radius 2 is 2.00 bits per heavy atom. The molecule has 0 spiro atoms. The minimum absolute atomic E-state index is 0.330. The number of ether oxygens (including phenoxy) is 1. The van der Waals surface area contributed by atoms with E-state index < -0.39 is 0 Å². The molecule has 0 amide bonds. The van der Waals surface area contributed by atoms with Gasteiger partial charge in [0.05, 0.1) is 5.92 Å². The maximum absolute atomic E-state index is 5.82. The minimum Gasteiger partial charge on any atom is -0.370 e. The van der Waals surface area contributed by atoms with Crippen molar-refractivity contribution in [3.8, 4) is 0 Å². The Morgan fingerprint density at radius 1 is 1.25 bits per heavy atom. The van der Waals surface area contributed by atoms with Crippen molar-refractivity contribution in [2.24, 2.45) is 5.92 Å². The Bertz CT molecular complexity index is 452. The van der Waals surface area contributed by atoms with Crippen LogP contribution in [0.25, 0.3) is 0 Å². The highest BCUT2D eigenvalue weighted by Crippen LogP contribution is 2.41. The van der Waals surface area contributed by atoms with Gasteiger partial charge in [0, 0.05) is 13.2 Å². The maximum Gasteiger partial charge on any atom is 0.231 e. The van der Waals surface area contributed by atoms with Gasteiger partial charge in [-0.15, -0.1) is 0 Å². The summed E-state index contributed by atoms with van der Waals surface area (Å²) in [6, 6.07) is 0.410. The lowest BCUT2D eigenvalue weighted by Crippen LogP contribution is -2.34. The molecule has 1 saturated carbocycles. The number of nitrogens with zero attached hydrogens (tertiary/aromatic N) is 2. The lowest BCUT2D eigenvalue weighted by molar-refractivity contribution is -0.0609. The maximum atomic E-state index is 5.82. The number of hydrogen-bond acceptors (Lipinski definition) is 5. The first-order valence-corrected chi connectivity index (χ1v) is 7.77. The normalized spacial score (nSPS) is 38.2. The highest BCUT2D eigenvalue weighted by molar-refractivity contribution is 5.08. The molecule has 2 unspecified atom stereocenters. The molecule has 2 aliphatic rings. The van der Waals surface area contributed by atoms with Crippen molar-refractivity contribution >= 4 is 0 Å². The molecule has 1 aliphatic carbocycles. The number of nitrogens with one attached hydrogen (secondary N) is 1. The van der Waals surface area contributed by atoms with Gasteiger partial charge in [-0.05, 0) is 51.5 Å². The zero-order valence-corrected chi connectivity index (χ0v) is 12.7. The molecule has 1 aromatic heterocycles. The van der Waals surface area contributed by atoms with Crippen LogP contribution in [0.3, 0.4) is 0 Å². The molecule has 20 heavy (non-hydrogen) atoms. The largest absolute Gasteiger partial charge is 0.370 e. The second kappa shape index (κ2) is 5.45. The Kier molecular flexibility index (Phi) is 3.82. The van der Waals surface area contributed by atoms with Crippen LogP contribution in [-0.4, -0.2) is 29.8 Å². The van der Waals surface area contributed by atoms with Gasteiger partial charge < -0.3 is 14.6 Å². The van der Waals surface area contributed by atoms with Gasteiger partial charge in [0.1, 0.15) is 5.60 Å². The van der Waals surface area contributed by atoms with Crippen molar-refractivity contribution in [1.29, 1.82) is 0 Å². The highest BCUT2D eigenvalue weighted by Gasteiger charge is 2.41. The van der Waals surface area contributed by atoms with Gasteiger partial charge in [-0.3, -0.25) is 0 Å². The standard InChI is InChI=1S/C15H25N3O2/c1-10-4-7-15(19-3,8-5-10)14-17-13(20-18-14)12-6-9-16-11(12)2/h10-12,16H,4-9H2,1-3H3. The van der Waals surface area contributed by atoms with Crippen LogP contribution < -0.4 is 5.32 Å². The van der Waals surface area contributed by atoms with Crippen LogP contribution in [-0.2, 0) is 10.3 Å². The summed E-state index contributed by atoms with van der Waals surface area (Å²) in [5.74, 6) is 2.63. The molecule has 2 atom stereocenters. The fourth-order valence-corrected chi connectivity index (χ4v) is 3.51. The van der Waals surface area contributed by atoms with Gasteiger partial charge in [0.15, 0.2) is 0 Å². The van der Waals surface area contributed by atoms with E-state index in [1.165, 1.54) is 12.8 Å². The monoisotopic (exact) mass is 279 g/mol. The number of rotatable bonds is 3. The topological polar surface area (TPSA) is 60.2 Å². The zero-order chi connectivity index (χ0) is 14.2. The van der Waals surface area contributed by atoms with Crippen LogP contribution in [0.2, 0.25) is 0 Å². The third-order valence-corrected chi connectivity index (χ3v) is 5.16. The van der Waals surface area contributed by atoms with E-state index >= 15 is 0 Å². The van der Waals surface area contributed by atoms with Crippen LogP contribution in [0.4, 0.5) is 0 Å². The summed E-state index contributed by atoms with van der Waals surface area (Å²) in [5, 5.41) is 7.68. The van der Waals surface area contributed by atoms with Crippen LogP contribution >= 0.6 is 0 Å². The fourth-order valence-electron chi connectivity index (χ4n) is 3.51. The summed E-state index contributed by atoms with van der Waals surface area (Å²) in [7, 11) is 1.77. The molecule has 1 N–H and O–H groups in total. The van der Waals surface area contributed by atoms with E-state index in [0.717, 1.165) is 43.4 Å². The van der Waals surface area contributed by atoms with Gasteiger partial charge in [-0.25, -0.2) is 0 Å². The summed E-state index contributed by atoms with van der Waals surface area (Å²) in [4.78, 5) is 4.69. The van der Waals surface area contributed by atoms with E-state index in [4.69, 9.17) is 14.2 Å². The molecule has 2 fully saturated rings. The van der Waals surface area contributed by atoms with E-state index in [-0.39, 0.29) is 5.60 Å². The number of hydrogen-bond donors (Lipinski definition) is 1. The Balaban J connectivity index is 1.81. The predicted molar refractivity (Wildman–Crippen MR) is 75.4 cm³/mol. The molecule has 2 heterocycles. The fraction of sp³-hybridized carbons (Fsp3) is 0.867. The van der Waals surface area contributed by atoms with E-state index in [1.807, 2.05) is 0 Å². The lowest BCUT2D eigenvalue weighted by atomic mass is 9.79. The molecular formula is C15H25N3O2. The van der Waals surface area contributed by atoms with Crippen molar-refractivity contribution in [1.82, 2.24) is 15.5 Å². The Labute approximate surface area is 120 Å². The second-order valence-corrected chi connectivity index (χ2v) is 6.48. The smallest absolute Gasteiger partial charge is 0.231 e. The van der Waals surface area contributed by atoms with Crippen LogP contribution in [0.1, 0.15) is 63.6 Å². The van der Waals surface area contributed by atoms with Gasteiger partial charge in [-0.2, -0.15) is 4.98 Å². The molecule has 1 aliphatic heterocycles. The molecule has 1 saturated heterocycles. The van der Waals surface area contributed by atoms with Crippen LogP contribution in [0.5, 0.6) is 0 Å². The molecule has 3 rings (SSSR count). The second-order valence-electron chi connectivity index (χ2n) is 6.48.